The molecule has 12 nitrogen and oxygen atoms in total. The Balaban J connectivity index is 2.29. The minimum absolute atomic E-state index is 0.0177. The summed E-state index contributed by atoms with van der Waals surface area (Å²) in [4.78, 5) is 55.7. The Labute approximate surface area is 239 Å². The number of aliphatic hydroxyl groups excluding tert-OH is 2. The van der Waals surface area contributed by atoms with Crippen LogP contribution in [0.25, 0.3) is 0 Å². The first-order valence-electron chi connectivity index (χ1n) is 13.7. The number of aliphatic hydroxyl groups is 3. The van der Waals surface area contributed by atoms with Gasteiger partial charge in [0.25, 0.3) is 0 Å². The summed E-state index contributed by atoms with van der Waals surface area (Å²) in [5.74, 6) is -8.76. The number of carbonyl (C=O) groups is 4. The van der Waals surface area contributed by atoms with Gasteiger partial charge in [0.05, 0.1) is 24.7 Å². The molecule has 0 radical (unpaired) electrons. The van der Waals surface area contributed by atoms with Gasteiger partial charge in [0.15, 0.2) is 17.2 Å². The highest BCUT2D eigenvalue weighted by Crippen LogP contribution is 2.51. The number of benzene rings is 1. The summed E-state index contributed by atoms with van der Waals surface area (Å²) >= 11 is 0. The Bertz CT molecular complexity index is 1270. The molecule has 41 heavy (non-hydrogen) atoms. The van der Waals surface area contributed by atoms with E-state index in [4.69, 9.17) is 10.5 Å². The van der Waals surface area contributed by atoms with Crippen LogP contribution in [0, 0.1) is 17.8 Å². The Morgan fingerprint density at radius 3 is 2.34 bits per heavy atom. The van der Waals surface area contributed by atoms with E-state index < -0.39 is 71.0 Å². The summed E-state index contributed by atoms with van der Waals surface area (Å²) in [6, 6.07) is 0.612. The number of phenolic OH excluding ortho intramolecular Hbond substituents is 1. The molecule has 0 fully saturated rings. The van der Waals surface area contributed by atoms with Crippen molar-refractivity contribution >= 4 is 29.1 Å². The molecule has 0 bridgehead atoms. The Hall–Kier alpha value is -3.48. The number of carbonyl (C=O) groups excluding carboxylic acids is 4. The molecule has 2 aliphatic carbocycles. The van der Waals surface area contributed by atoms with Gasteiger partial charge in [-0.2, -0.15) is 0 Å². The number of esters is 1. The van der Waals surface area contributed by atoms with Gasteiger partial charge in [0.2, 0.25) is 5.91 Å². The molecule has 0 heterocycles. The molecule has 0 aliphatic heterocycles. The zero-order valence-electron chi connectivity index (χ0n) is 24.4. The molecular formula is C29H41N3O9. The maximum absolute atomic E-state index is 14.1. The maximum Gasteiger partial charge on any atom is 0.342 e. The lowest BCUT2D eigenvalue weighted by atomic mass is 9.60. The third-order valence-corrected chi connectivity index (χ3v) is 8.35. The Kier molecular flexibility index (Phi) is 9.51. The number of aromatic hydroxyl groups is 1. The number of ether oxygens (including phenoxy) is 1. The van der Waals surface area contributed by atoms with Gasteiger partial charge in [-0.1, -0.05) is 13.3 Å². The summed E-state index contributed by atoms with van der Waals surface area (Å²) in [7, 11) is 6.69. The van der Waals surface area contributed by atoms with Gasteiger partial charge in [-0.3, -0.25) is 14.4 Å². The number of anilines is 1. The van der Waals surface area contributed by atoms with E-state index in [-0.39, 0.29) is 36.1 Å². The molecule has 3 rings (SSSR count). The molecule has 1 aromatic carbocycles. The van der Waals surface area contributed by atoms with Crippen molar-refractivity contribution < 1.29 is 44.3 Å². The number of hydrogen-bond acceptors (Lipinski definition) is 11. The standard InChI is InChI=1S/C29H41N3O9/c1-7-8-9-41-28(39)17-12-19(31(3)4)16-10-15-11-18(20(13-33)32(5)6)29(40,25(36)14(2)27(30)38)26(37)21(15)24(35)22(16)23(17)34/h12,14-15,18,20,33-34,37,40H,7-11,13H2,1-6H3,(H2,30,38)/t14?,15-,18-,20+,29?/m0/s1. The predicted molar refractivity (Wildman–Crippen MR) is 150 cm³/mol. The van der Waals surface area contributed by atoms with E-state index >= 15 is 0 Å². The summed E-state index contributed by atoms with van der Waals surface area (Å²) < 4.78 is 5.28. The second-order valence-corrected chi connectivity index (χ2v) is 11.3. The maximum atomic E-state index is 14.1. The number of primary amides is 1. The highest BCUT2D eigenvalue weighted by atomic mass is 16.5. The van der Waals surface area contributed by atoms with E-state index in [1.165, 1.54) is 13.0 Å². The van der Waals surface area contributed by atoms with Gasteiger partial charge in [-0.25, -0.2) is 4.79 Å². The van der Waals surface area contributed by atoms with Crippen molar-refractivity contribution in [1.29, 1.82) is 0 Å². The summed E-state index contributed by atoms with van der Waals surface area (Å²) in [6.45, 7) is 2.75. The van der Waals surface area contributed by atoms with Crippen LogP contribution in [0.2, 0.25) is 0 Å². The molecule has 226 valence electrons. The average Bonchev–Trinajstić information content (AvgIpc) is 2.90. The number of allylic oxidation sites excluding steroid dienone is 1. The van der Waals surface area contributed by atoms with Crippen LogP contribution in [0.5, 0.6) is 5.75 Å². The second-order valence-electron chi connectivity index (χ2n) is 11.3. The topological polar surface area (TPSA) is 191 Å². The quantitative estimate of drug-likeness (QED) is 0.143. The lowest BCUT2D eigenvalue weighted by Gasteiger charge is -2.48. The largest absolute Gasteiger partial charge is 0.508 e. The number of unbranched alkanes of at least 4 members (excludes halogenated alkanes) is 1. The van der Waals surface area contributed by atoms with Gasteiger partial charge in [0, 0.05) is 37.3 Å². The Morgan fingerprint density at radius 2 is 1.83 bits per heavy atom. The number of likely N-dealkylation sites (N-methyl/N-ethyl adjacent to an activating group) is 1. The van der Waals surface area contributed by atoms with E-state index in [1.807, 2.05) is 6.92 Å². The molecule has 0 aromatic heterocycles. The molecule has 2 unspecified atom stereocenters. The van der Waals surface area contributed by atoms with E-state index in [2.05, 4.69) is 0 Å². The minimum atomic E-state index is -2.73. The fraction of sp³-hybridized carbons (Fsp3) is 0.586. The molecule has 6 N–H and O–H groups in total. The first-order chi connectivity index (χ1) is 19.1. The van der Waals surface area contributed by atoms with Crippen LogP contribution in [0.3, 0.4) is 0 Å². The first-order valence-corrected chi connectivity index (χ1v) is 13.7. The smallest absolute Gasteiger partial charge is 0.342 e. The molecule has 1 amide bonds. The number of nitrogens with two attached hydrogens (primary N) is 1. The molecular weight excluding hydrogens is 534 g/mol. The van der Waals surface area contributed by atoms with Gasteiger partial charge >= 0.3 is 5.97 Å². The van der Waals surface area contributed by atoms with Crippen LogP contribution >= 0.6 is 0 Å². The number of phenols is 1. The number of rotatable bonds is 11. The average molecular weight is 576 g/mol. The van der Waals surface area contributed by atoms with Crippen molar-refractivity contribution in [2.24, 2.45) is 23.5 Å². The van der Waals surface area contributed by atoms with Gasteiger partial charge in [0.1, 0.15) is 17.1 Å². The van der Waals surface area contributed by atoms with Crippen molar-refractivity contribution in [3.63, 3.8) is 0 Å². The van der Waals surface area contributed by atoms with Crippen molar-refractivity contribution in [2.75, 3.05) is 46.3 Å². The van der Waals surface area contributed by atoms with Crippen LogP contribution in [-0.2, 0) is 20.7 Å². The normalized spacial score (nSPS) is 23.5. The predicted octanol–water partition coefficient (Wildman–Crippen LogP) is 0.946. The number of ketones is 2. The van der Waals surface area contributed by atoms with Gasteiger partial charge in [-0.05, 0) is 57.8 Å². The van der Waals surface area contributed by atoms with Crippen molar-refractivity contribution in [3.8, 4) is 5.75 Å². The van der Waals surface area contributed by atoms with Crippen LogP contribution in [0.4, 0.5) is 5.69 Å². The van der Waals surface area contributed by atoms with Crippen molar-refractivity contribution in [1.82, 2.24) is 4.90 Å². The third kappa shape index (κ3) is 5.43. The molecule has 12 heteroatoms. The molecule has 1 aromatic rings. The number of amides is 1. The zero-order valence-corrected chi connectivity index (χ0v) is 24.4. The van der Waals surface area contributed by atoms with Crippen molar-refractivity contribution in [2.45, 2.75) is 51.2 Å². The van der Waals surface area contributed by atoms with Crippen LogP contribution in [0.15, 0.2) is 17.4 Å². The number of nitrogens with zero attached hydrogens (tertiary/aromatic N) is 2. The summed E-state index contributed by atoms with van der Waals surface area (Å²) in [5, 5.41) is 44.9. The summed E-state index contributed by atoms with van der Waals surface area (Å²) in [5.41, 5.74) is 2.77. The number of Topliss-reactive ketones (excluding diaryl/α,β-unsaturated/α-hetero) is 2. The lowest BCUT2D eigenvalue weighted by molar-refractivity contribution is -0.155. The Morgan fingerprint density at radius 1 is 1.20 bits per heavy atom. The molecule has 0 saturated heterocycles. The highest BCUT2D eigenvalue weighted by molar-refractivity contribution is 6.17. The second kappa shape index (κ2) is 12.2. The van der Waals surface area contributed by atoms with Crippen LogP contribution in [0.1, 0.15) is 59.4 Å². The molecule has 0 spiro atoms. The van der Waals surface area contributed by atoms with Crippen LogP contribution in [-0.4, -0.2) is 102 Å². The minimum Gasteiger partial charge on any atom is -0.508 e. The fourth-order valence-corrected chi connectivity index (χ4v) is 5.96. The molecule has 2 aliphatic rings. The third-order valence-electron chi connectivity index (χ3n) is 8.35. The van der Waals surface area contributed by atoms with E-state index in [9.17, 15) is 39.6 Å². The van der Waals surface area contributed by atoms with E-state index in [0.29, 0.717) is 17.7 Å². The lowest BCUT2D eigenvalue weighted by Crippen LogP contribution is -2.62. The molecule has 5 atom stereocenters. The number of hydrogen-bond donors (Lipinski definition) is 5. The van der Waals surface area contributed by atoms with Crippen molar-refractivity contribution in [3.05, 3.63) is 34.1 Å². The van der Waals surface area contributed by atoms with E-state index in [1.54, 1.807) is 38.0 Å². The first kappa shape index (κ1) is 32.0. The van der Waals surface area contributed by atoms with E-state index in [0.717, 1.165) is 6.42 Å². The monoisotopic (exact) mass is 575 g/mol. The highest BCUT2D eigenvalue weighted by Gasteiger charge is 2.59. The van der Waals surface area contributed by atoms with Gasteiger partial charge in [-0.15, -0.1) is 0 Å². The number of fused-ring (bicyclic) bond motifs is 2. The zero-order chi connectivity index (χ0) is 31.0. The van der Waals surface area contributed by atoms with Crippen LogP contribution < -0.4 is 10.6 Å². The summed E-state index contributed by atoms with van der Waals surface area (Å²) in [6.07, 6.45) is 1.49. The SMILES string of the molecule is CCCCOC(=O)c1cc(N(C)C)c2c(c1O)C(=O)C1=C(O)C(O)(C(=O)C(C)C(N)=O)[C@H]([C@@H](CO)N(C)C)C[C@@H]1C2. The fourth-order valence-electron chi connectivity index (χ4n) is 5.96. The van der Waals surface area contributed by atoms with Gasteiger partial charge < -0.3 is 40.7 Å². The molecule has 0 saturated carbocycles.